The Bertz CT molecular complexity index is 1260. The number of hydrogen-bond donors (Lipinski definition) is 1. The van der Waals surface area contributed by atoms with Crippen LogP contribution in [0.5, 0.6) is 5.75 Å². The molecular weight excluding hydrogens is 444 g/mol. The zero-order valence-electron chi connectivity index (χ0n) is 18.0. The molecule has 0 radical (unpaired) electrons. The lowest BCUT2D eigenvalue weighted by atomic mass is 10.1. The van der Waals surface area contributed by atoms with E-state index >= 15 is 0 Å². The smallest absolute Gasteiger partial charge is 0.267 e. The molecule has 8 heteroatoms. The predicted molar refractivity (Wildman–Crippen MR) is 128 cm³/mol. The van der Waals surface area contributed by atoms with E-state index in [-0.39, 0.29) is 11.4 Å². The molecule has 0 aromatic heterocycles. The molecule has 1 amide bonds. The number of fused-ring (bicyclic) bond motifs is 1. The van der Waals surface area contributed by atoms with Gasteiger partial charge in [0.05, 0.1) is 17.1 Å². The number of sulfonamides is 1. The number of hydrogen-bond acceptors (Lipinski definition) is 5. The fraction of sp³-hybridized carbons (Fsp3) is 0.208. The number of amides is 1. The standard InChI is InChI=1S/C24H24N2O4S2/c1-16-7-10-20(11-8-16)32(28,29)26-15-23(30-22-13-17(2)9-12-21(22)26)24(27)25-18-5-4-6-19(14-18)31-3/h4-14,23H,15H2,1-3H3,(H,25,27)/t23-/m1/s1. The average Bonchev–Trinajstić information content (AvgIpc) is 2.78. The molecule has 1 heterocycles. The van der Waals surface area contributed by atoms with Gasteiger partial charge >= 0.3 is 0 Å². The summed E-state index contributed by atoms with van der Waals surface area (Å²) in [5, 5.41) is 2.85. The number of benzene rings is 3. The van der Waals surface area contributed by atoms with E-state index in [1.54, 1.807) is 54.2 Å². The van der Waals surface area contributed by atoms with Gasteiger partial charge in [-0.2, -0.15) is 0 Å². The largest absolute Gasteiger partial charge is 0.476 e. The molecule has 1 aliphatic heterocycles. The Morgan fingerprint density at radius 3 is 2.47 bits per heavy atom. The zero-order valence-corrected chi connectivity index (χ0v) is 19.7. The van der Waals surface area contributed by atoms with Crippen molar-refractivity contribution in [1.82, 2.24) is 0 Å². The molecule has 0 bridgehead atoms. The number of ether oxygens (including phenoxy) is 1. The first-order chi connectivity index (χ1) is 15.3. The molecule has 0 saturated carbocycles. The first-order valence-electron chi connectivity index (χ1n) is 10.1. The molecule has 166 valence electrons. The van der Waals surface area contributed by atoms with Crippen molar-refractivity contribution in [3.8, 4) is 5.75 Å². The summed E-state index contributed by atoms with van der Waals surface area (Å²) in [5.74, 6) is -0.0375. The normalized spacial score (nSPS) is 15.6. The van der Waals surface area contributed by atoms with Crippen LogP contribution in [0.3, 0.4) is 0 Å². The summed E-state index contributed by atoms with van der Waals surface area (Å²) >= 11 is 1.57. The monoisotopic (exact) mass is 468 g/mol. The third kappa shape index (κ3) is 4.47. The predicted octanol–water partition coefficient (Wildman–Crippen LogP) is 4.62. The maximum Gasteiger partial charge on any atom is 0.267 e. The average molecular weight is 469 g/mol. The van der Waals surface area contributed by atoms with E-state index < -0.39 is 22.0 Å². The van der Waals surface area contributed by atoms with Gasteiger partial charge in [0.2, 0.25) is 0 Å². The van der Waals surface area contributed by atoms with Crippen LogP contribution in [0.2, 0.25) is 0 Å². The summed E-state index contributed by atoms with van der Waals surface area (Å²) in [6.45, 7) is 3.66. The van der Waals surface area contributed by atoms with Crippen molar-refractivity contribution in [2.24, 2.45) is 0 Å². The molecule has 1 N–H and O–H groups in total. The number of thioether (sulfide) groups is 1. The second-order valence-corrected chi connectivity index (χ2v) is 10.4. The minimum Gasteiger partial charge on any atom is -0.476 e. The van der Waals surface area contributed by atoms with Crippen molar-refractivity contribution in [2.75, 3.05) is 22.4 Å². The van der Waals surface area contributed by atoms with Gasteiger partial charge in [0, 0.05) is 10.6 Å². The van der Waals surface area contributed by atoms with Crippen LogP contribution in [0.1, 0.15) is 11.1 Å². The number of nitrogens with one attached hydrogen (secondary N) is 1. The first kappa shape index (κ1) is 22.2. The Morgan fingerprint density at radius 2 is 1.75 bits per heavy atom. The van der Waals surface area contributed by atoms with Gasteiger partial charge in [0.15, 0.2) is 6.10 Å². The molecule has 3 aromatic rings. The van der Waals surface area contributed by atoms with Gasteiger partial charge < -0.3 is 10.1 Å². The highest BCUT2D eigenvalue weighted by Gasteiger charge is 2.37. The van der Waals surface area contributed by atoms with Crippen molar-refractivity contribution >= 4 is 39.1 Å². The molecule has 0 aliphatic carbocycles. The molecule has 1 aliphatic rings. The summed E-state index contributed by atoms with van der Waals surface area (Å²) in [6.07, 6.45) is 0.959. The van der Waals surface area contributed by atoms with E-state index in [0.29, 0.717) is 17.1 Å². The molecule has 32 heavy (non-hydrogen) atoms. The van der Waals surface area contributed by atoms with Crippen LogP contribution in [0.15, 0.2) is 76.5 Å². The number of nitrogens with zero attached hydrogens (tertiary/aromatic N) is 1. The summed E-state index contributed by atoms with van der Waals surface area (Å²) in [6, 6.07) is 19.4. The molecule has 0 spiro atoms. The van der Waals surface area contributed by atoms with E-state index in [1.807, 2.05) is 44.4 Å². The molecule has 0 fully saturated rings. The second kappa shape index (κ2) is 8.88. The fourth-order valence-electron chi connectivity index (χ4n) is 3.49. The zero-order chi connectivity index (χ0) is 22.9. The summed E-state index contributed by atoms with van der Waals surface area (Å²) in [4.78, 5) is 14.2. The summed E-state index contributed by atoms with van der Waals surface area (Å²) < 4.78 is 34.2. The highest BCUT2D eigenvalue weighted by Crippen LogP contribution is 2.38. The van der Waals surface area contributed by atoms with Crippen LogP contribution in [0.4, 0.5) is 11.4 Å². The molecule has 0 unspecified atom stereocenters. The Hall–Kier alpha value is -2.97. The highest BCUT2D eigenvalue weighted by molar-refractivity contribution is 7.98. The lowest BCUT2D eigenvalue weighted by Crippen LogP contribution is -2.48. The van der Waals surface area contributed by atoms with Gasteiger partial charge in [-0.1, -0.05) is 29.8 Å². The number of anilines is 2. The Labute approximate surface area is 192 Å². The van der Waals surface area contributed by atoms with Crippen LogP contribution < -0.4 is 14.4 Å². The van der Waals surface area contributed by atoms with Crippen LogP contribution >= 0.6 is 11.8 Å². The summed E-state index contributed by atoms with van der Waals surface area (Å²) in [7, 11) is -3.89. The maximum absolute atomic E-state index is 13.5. The van der Waals surface area contributed by atoms with Gasteiger partial charge in [-0.05, 0) is 68.1 Å². The van der Waals surface area contributed by atoms with Crippen molar-refractivity contribution in [1.29, 1.82) is 0 Å². The van der Waals surface area contributed by atoms with Crippen LogP contribution in [0, 0.1) is 13.8 Å². The summed E-state index contributed by atoms with van der Waals surface area (Å²) in [5.41, 5.74) is 2.93. The fourth-order valence-corrected chi connectivity index (χ4v) is 5.42. The number of rotatable bonds is 5. The Kier molecular flexibility index (Phi) is 6.17. The lowest BCUT2D eigenvalue weighted by Gasteiger charge is -2.35. The maximum atomic E-state index is 13.5. The quantitative estimate of drug-likeness (QED) is 0.553. The lowest BCUT2D eigenvalue weighted by molar-refractivity contribution is -0.122. The van der Waals surface area contributed by atoms with E-state index in [1.165, 1.54) is 4.31 Å². The number of carbonyl (C=O) groups excluding carboxylic acids is 1. The highest BCUT2D eigenvalue weighted by atomic mass is 32.2. The van der Waals surface area contributed by atoms with E-state index in [0.717, 1.165) is 16.0 Å². The van der Waals surface area contributed by atoms with Gasteiger partial charge in [0.1, 0.15) is 5.75 Å². The van der Waals surface area contributed by atoms with E-state index in [4.69, 9.17) is 4.74 Å². The third-order valence-electron chi connectivity index (χ3n) is 5.22. The van der Waals surface area contributed by atoms with Crippen LogP contribution in [0.25, 0.3) is 0 Å². The molecule has 4 rings (SSSR count). The topological polar surface area (TPSA) is 75.7 Å². The molecule has 1 atom stereocenters. The SMILES string of the molecule is CSc1cccc(NC(=O)[C@H]2CN(S(=O)(=O)c3ccc(C)cc3)c3ccc(C)cc3O2)c1. The van der Waals surface area contributed by atoms with Crippen molar-refractivity contribution in [3.63, 3.8) is 0 Å². The minimum absolute atomic E-state index is 0.125. The number of aryl methyl sites for hydroxylation is 2. The van der Waals surface area contributed by atoms with E-state index in [2.05, 4.69) is 5.32 Å². The van der Waals surface area contributed by atoms with Gasteiger partial charge in [0.25, 0.3) is 15.9 Å². The molecule has 0 saturated heterocycles. The Morgan fingerprint density at radius 1 is 1.03 bits per heavy atom. The molecular formula is C24H24N2O4S2. The Balaban J connectivity index is 1.68. The van der Waals surface area contributed by atoms with Gasteiger partial charge in [-0.15, -0.1) is 11.8 Å². The molecule has 6 nitrogen and oxygen atoms in total. The van der Waals surface area contributed by atoms with Crippen molar-refractivity contribution in [2.45, 2.75) is 29.7 Å². The van der Waals surface area contributed by atoms with Crippen molar-refractivity contribution in [3.05, 3.63) is 77.9 Å². The van der Waals surface area contributed by atoms with Gasteiger partial charge in [-0.3, -0.25) is 9.10 Å². The number of carbonyl (C=O) groups is 1. The second-order valence-electron chi connectivity index (χ2n) is 7.65. The van der Waals surface area contributed by atoms with Gasteiger partial charge in [-0.25, -0.2) is 8.42 Å². The van der Waals surface area contributed by atoms with E-state index in [9.17, 15) is 13.2 Å². The first-order valence-corrected chi connectivity index (χ1v) is 12.8. The van der Waals surface area contributed by atoms with Crippen LogP contribution in [-0.4, -0.2) is 33.2 Å². The van der Waals surface area contributed by atoms with Crippen molar-refractivity contribution < 1.29 is 17.9 Å². The van der Waals surface area contributed by atoms with Crippen LogP contribution in [-0.2, 0) is 14.8 Å². The third-order valence-corrected chi connectivity index (χ3v) is 7.74. The molecule has 3 aromatic carbocycles. The minimum atomic E-state index is -3.89.